The number of hydrogen-bond acceptors (Lipinski definition) is 6. The van der Waals surface area contributed by atoms with Crippen LogP contribution >= 0.6 is 45.3 Å². The SMILES string of the molecule is CCS(=O)(=O)c1c(-c2nc3cc(C(F)(F)F)ncc3n2C)sc2c(I)csc12. The summed E-state index contributed by atoms with van der Waals surface area (Å²) in [6.07, 6.45) is -3.47. The Morgan fingerprint density at radius 2 is 2.00 bits per heavy atom. The normalized spacial score (nSPS) is 13.1. The summed E-state index contributed by atoms with van der Waals surface area (Å²) in [4.78, 5) is 8.46. The van der Waals surface area contributed by atoms with Gasteiger partial charge >= 0.3 is 6.18 Å². The maximum atomic E-state index is 13.0. The summed E-state index contributed by atoms with van der Waals surface area (Å²) in [7, 11) is -1.92. The van der Waals surface area contributed by atoms with Crippen molar-refractivity contribution in [2.75, 3.05) is 5.75 Å². The highest BCUT2D eigenvalue weighted by Gasteiger charge is 2.34. The summed E-state index contributed by atoms with van der Waals surface area (Å²) in [5.74, 6) is 0.233. The molecule has 148 valence electrons. The molecule has 0 saturated carbocycles. The molecule has 0 aromatic carbocycles. The Morgan fingerprint density at radius 1 is 1.29 bits per heavy atom. The summed E-state index contributed by atoms with van der Waals surface area (Å²) in [5, 5.41) is 1.88. The molecule has 0 amide bonds. The minimum absolute atomic E-state index is 0.0793. The monoisotopic (exact) mass is 557 g/mol. The smallest absolute Gasteiger partial charge is 0.325 e. The first-order valence-electron chi connectivity index (χ1n) is 7.87. The van der Waals surface area contributed by atoms with Crippen molar-refractivity contribution in [1.82, 2.24) is 14.5 Å². The molecule has 0 N–H and O–H groups in total. The first-order valence-corrected chi connectivity index (χ1v) is 12.3. The zero-order valence-electron chi connectivity index (χ0n) is 14.3. The Bertz CT molecular complexity index is 1340. The van der Waals surface area contributed by atoms with E-state index in [1.165, 1.54) is 22.7 Å². The molecule has 0 radical (unpaired) electrons. The summed E-state index contributed by atoms with van der Waals surface area (Å²) < 4.78 is 68.6. The fourth-order valence-electron chi connectivity index (χ4n) is 2.85. The van der Waals surface area contributed by atoms with Gasteiger partial charge in [-0.15, -0.1) is 22.7 Å². The number of alkyl halides is 3. The van der Waals surface area contributed by atoms with Gasteiger partial charge in [-0.1, -0.05) is 6.92 Å². The van der Waals surface area contributed by atoms with Crippen LogP contribution in [0.15, 0.2) is 22.5 Å². The van der Waals surface area contributed by atoms with Gasteiger partial charge in [-0.05, 0) is 28.7 Å². The molecule has 4 aromatic rings. The van der Waals surface area contributed by atoms with Crippen molar-refractivity contribution in [3.8, 4) is 10.7 Å². The van der Waals surface area contributed by atoms with Crippen LogP contribution in [-0.2, 0) is 23.1 Å². The van der Waals surface area contributed by atoms with Gasteiger partial charge in [0.25, 0.3) is 0 Å². The first kappa shape index (κ1) is 20.0. The van der Waals surface area contributed by atoms with E-state index in [0.29, 0.717) is 20.9 Å². The van der Waals surface area contributed by atoms with Crippen molar-refractivity contribution >= 4 is 75.5 Å². The van der Waals surface area contributed by atoms with E-state index in [1.54, 1.807) is 18.5 Å². The lowest BCUT2D eigenvalue weighted by atomic mass is 10.3. The van der Waals surface area contributed by atoms with Gasteiger partial charge in [0.2, 0.25) is 0 Å². The molecular weight excluding hydrogens is 546 g/mol. The van der Waals surface area contributed by atoms with Gasteiger partial charge in [0, 0.05) is 16.0 Å². The lowest BCUT2D eigenvalue weighted by molar-refractivity contribution is -0.141. The molecule has 0 aliphatic carbocycles. The van der Waals surface area contributed by atoms with Crippen LogP contribution in [0.1, 0.15) is 12.6 Å². The number of sulfone groups is 1. The number of imidazole rings is 1. The number of aromatic nitrogens is 3. The number of hydrogen-bond donors (Lipinski definition) is 0. The third-order valence-electron chi connectivity index (χ3n) is 4.27. The lowest BCUT2D eigenvalue weighted by Crippen LogP contribution is -2.07. The maximum Gasteiger partial charge on any atom is 0.433 e. The Kier molecular flexibility index (Phi) is 4.75. The van der Waals surface area contributed by atoms with E-state index in [4.69, 9.17) is 0 Å². The van der Waals surface area contributed by atoms with Gasteiger partial charge in [0.05, 0.1) is 37.3 Å². The number of nitrogens with zero attached hydrogens (tertiary/aromatic N) is 3. The molecule has 0 bridgehead atoms. The Morgan fingerprint density at radius 3 is 2.64 bits per heavy atom. The summed E-state index contributed by atoms with van der Waals surface area (Å²) >= 11 is 4.77. The Hall–Kier alpha value is -1.25. The second-order valence-corrected chi connectivity index (χ2v) is 11.2. The van der Waals surface area contributed by atoms with Crippen molar-refractivity contribution < 1.29 is 21.6 Å². The second-order valence-electron chi connectivity index (χ2n) is 5.96. The molecule has 0 atom stereocenters. The molecule has 4 heterocycles. The van der Waals surface area contributed by atoms with Crippen molar-refractivity contribution in [2.45, 2.75) is 18.0 Å². The number of halogens is 4. The highest BCUT2D eigenvalue weighted by Crippen LogP contribution is 2.46. The van der Waals surface area contributed by atoms with Gasteiger partial charge in [0.15, 0.2) is 15.7 Å². The number of aryl methyl sites for hydroxylation is 1. The second kappa shape index (κ2) is 6.64. The molecule has 0 fully saturated rings. The first-order chi connectivity index (χ1) is 13.0. The largest absolute Gasteiger partial charge is 0.433 e. The number of pyridine rings is 1. The molecule has 0 aliphatic heterocycles. The molecule has 0 saturated heterocycles. The average molecular weight is 557 g/mol. The van der Waals surface area contributed by atoms with E-state index in [2.05, 4.69) is 32.6 Å². The van der Waals surface area contributed by atoms with Crippen LogP contribution in [0.5, 0.6) is 0 Å². The van der Waals surface area contributed by atoms with Crippen LogP contribution in [0.25, 0.3) is 31.1 Å². The Labute approximate surface area is 179 Å². The third-order valence-corrected chi connectivity index (χ3v) is 10.3. The van der Waals surface area contributed by atoms with Gasteiger partial charge in [-0.2, -0.15) is 13.2 Å². The predicted octanol–water partition coefficient (Wildman–Crippen LogP) is 5.33. The standard InChI is InChI=1S/C16H11F3IN3O2S3/c1-3-28(24,25)14-12-11(7(20)6-26-12)27-13(14)15-22-8-4-10(16(17,18)19)21-5-9(8)23(15)2/h4-6H,3H2,1-2H3. The van der Waals surface area contributed by atoms with E-state index in [-0.39, 0.29) is 16.2 Å². The van der Waals surface area contributed by atoms with Crippen LogP contribution in [0.2, 0.25) is 0 Å². The van der Waals surface area contributed by atoms with Crippen molar-refractivity contribution in [1.29, 1.82) is 0 Å². The van der Waals surface area contributed by atoms with Crippen molar-refractivity contribution in [2.24, 2.45) is 7.05 Å². The third kappa shape index (κ3) is 3.04. The molecular formula is C16H11F3IN3O2S3. The van der Waals surface area contributed by atoms with Crippen LogP contribution < -0.4 is 0 Å². The number of thiophene rings is 2. The maximum absolute atomic E-state index is 13.0. The van der Waals surface area contributed by atoms with Crippen LogP contribution in [-0.4, -0.2) is 28.7 Å². The highest BCUT2D eigenvalue weighted by molar-refractivity contribution is 14.1. The van der Waals surface area contributed by atoms with E-state index < -0.39 is 21.7 Å². The summed E-state index contributed by atoms with van der Waals surface area (Å²) in [6.45, 7) is 1.57. The molecule has 5 nitrogen and oxygen atoms in total. The summed E-state index contributed by atoms with van der Waals surface area (Å²) in [5.41, 5.74) is -0.520. The van der Waals surface area contributed by atoms with Gasteiger partial charge < -0.3 is 4.57 Å². The minimum atomic E-state index is -4.58. The van der Waals surface area contributed by atoms with E-state index >= 15 is 0 Å². The highest BCUT2D eigenvalue weighted by atomic mass is 127. The summed E-state index contributed by atoms with van der Waals surface area (Å²) in [6, 6.07) is 0.881. The molecule has 0 aliphatic rings. The predicted molar refractivity (Wildman–Crippen MR) is 113 cm³/mol. The molecule has 4 aromatic heterocycles. The van der Waals surface area contributed by atoms with Gasteiger partial charge in [-0.25, -0.2) is 18.4 Å². The zero-order valence-corrected chi connectivity index (χ0v) is 18.9. The lowest BCUT2D eigenvalue weighted by Gasteiger charge is -2.05. The van der Waals surface area contributed by atoms with E-state index in [9.17, 15) is 21.6 Å². The van der Waals surface area contributed by atoms with Crippen molar-refractivity contribution in [3.63, 3.8) is 0 Å². The van der Waals surface area contributed by atoms with E-state index in [1.807, 2.05) is 5.38 Å². The Balaban J connectivity index is 2.04. The molecule has 12 heteroatoms. The van der Waals surface area contributed by atoms with Crippen LogP contribution in [0.4, 0.5) is 13.2 Å². The average Bonchev–Trinajstić information content (AvgIpc) is 3.27. The minimum Gasteiger partial charge on any atom is -0.325 e. The zero-order chi connectivity index (χ0) is 20.4. The van der Waals surface area contributed by atoms with Crippen molar-refractivity contribution in [3.05, 3.63) is 26.9 Å². The molecule has 0 spiro atoms. The quantitative estimate of drug-likeness (QED) is 0.320. The molecule has 0 unspecified atom stereocenters. The van der Waals surface area contributed by atoms with Crippen LogP contribution in [0.3, 0.4) is 0 Å². The van der Waals surface area contributed by atoms with Gasteiger partial charge in [0.1, 0.15) is 10.6 Å². The van der Waals surface area contributed by atoms with Gasteiger partial charge in [-0.3, -0.25) is 0 Å². The number of rotatable bonds is 3. The number of fused-ring (bicyclic) bond motifs is 2. The van der Waals surface area contributed by atoms with Crippen LogP contribution in [0, 0.1) is 3.57 Å². The molecule has 28 heavy (non-hydrogen) atoms. The molecule has 4 rings (SSSR count). The fourth-order valence-corrected chi connectivity index (χ4v) is 8.36. The fraction of sp³-hybridized carbons (Fsp3) is 0.250. The topological polar surface area (TPSA) is 64.8 Å². The van der Waals surface area contributed by atoms with E-state index in [0.717, 1.165) is 20.5 Å².